The van der Waals surface area contributed by atoms with E-state index in [1.807, 2.05) is 0 Å². The molecule has 0 aliphatic carbocycles. The van der Waals surface area contributed by atoms with Gasteiger partial charge in [-0.15, -0.1) is 22.9 Å². The van der Waals surface area contributed by atoms with E-state index in [0.29, 0.717) is 11.8 Å². The predicted octanol–water partition coefficient (Wildman–Crippen LogP) is 4.22. The lowest BCUT2D eigenvalue weighted by Crippen LogP contribution is -2.22. The monoisotopic (exact) mass is 294 g/mol. The van der Waals surface area contributed by atoms with Crippen LogP contribution in [0, 0.1) is 5.92 Å². The van der Waals surface area contributed by atoms with Crippen molar-refractivity contribution in [1.29, 1.82) is 0 Å². The number of ether oxygens (including phenoxy) is 1. The highest BCUT2D eigenvalue weighted by Crippen LogP contribution is 2.38. The maximum absolute atomic E-state index is 5.94. The Hall–Kier alpha value is 0.430. The molecule has 0 N–H and O–H groups in total. The summed E-state index contributed by atoms with van der Waals surface area (Å²) >= 11 is 11.2. The largest absolute Gasteiger partial charge is 0.372 e. The molecule has 0 amide bonds. The van der Waals surface area contributed by atoms with Crippen LogP contribution in [0.4, 0.5) is 0 Å². The third kappa shape index (κ3) is 2.32. The Balaban J connectivity index is 2.14. The van der Waals surface area contributed by atoms with Crippen LogP contribution in [0.5, 0.6) is 0 Å². The van der Waals surface area contributed by atoms with Crippen LogP contribution in [0.25, 0.3) is 0 Å². The fraction of sp³-hybridized carbons (Fsp3) is 0.600. The lowest BCUT2D eigenvalue weighted by Gasteiger charge is -2.29. The van der Waals surface area contributed by atoms with Gasteiger partial charge < -0.3 is 4.74 Å². The van der Waals surface area contributed by atoms with Gasteiger partial charge in [0.1, 0.15) is 0 Å². The minimum atomic E-state index is 0.220. The molecule has 78 valence electrons. The molecule has 1 aliphatic heterocycles. The first-order chi connectivity index (χ1) is 6.81. The zero-order chi connectivity index (χ0) is 9.97. The van der Waals surface area contributed by atoms with Gasteiger partial charge in [0.15, 0.2) is 0 Å². The van der Waals surface area contributed by atoms with E-state index < -0.39 is 0 Å². The van der Waals surface area contributed by atoms with Gasteiger partial charge in [-0.05, 0) is 34.8 Å². The molecule has 2 rings (SSSR count). The Bertz CT molecular complexity index is 302. The molecule has 1 saturated heterocycles. The van der Waals surface area contributed by atoms with E-state index in [-0.39, 0.29) is 6.10 Å². The van der Waals surface area contributed by atoms with E-state index in [4.69, 9.17) is 16.3 Å². The van der Waals surface area contributed by atoms with Crippen molar-refractivity contribution in [2.45, 2.75) is 18.9 Å². The second-order valence-electron chi connectivity index (χ2n) is 3.52. The van der Waals surface area contributed by atoms with Crippen molar-refractivity contribution >= 4 is 38.9 Å². The topological polar surface area (TPSA) is 9.23 Å². The normalized spacial score (nSPS) is 27.9. The first-order valence-corrected chi connectivity index (χ1v) is 6.93. The van der Waals surface area contributed by atoms with Crippen LogP contribution < -0.4 is 0 Å². The summed E-state index contributed by atoms with van der Waals surface area (Å²) in [5, 5.41) is 2.10. The predicted molar refractivity (Wildman–Crippen MR) is 64.2 cm³/mol. The zero-order valence-electron chi connectivity index (χ0n) is 7.71. The number of halogens is 2. The van der Waals surface area contributed by atoms with E-state index in [1.165, 1.54) is 11.3 Å². The lowest BCUT2D eigenvalue weighted by atomic mass is 9.95. The maximum atomic E-state index is 5.94. The van der Waals surface area contributed by atoms with Crippen LogP contribution in [0.1, 0.15) is 23.8 Å². The van der Waals surface area contributed by atoms with Crippen LogP contribution in [0.3, 0.4) is 0 Å². The molecular weight excluding hydrogens is 284 g/mol. The molecule has 2 atom stereocenters. The molecule has 1 aromatic heterocycles. The molecule has 1 nitrogen and oxygen atoms in total. The van der Waals surface area contributed by atoms with Crippen LogP contribution in [-0.2, 0) is 4.74 Å². The average molecular weight is 296 g/mol. The standard InChI is InChI=1S/C10H12BrClOS/c11-8-4-9(14-6-8)10-7(5-12)2-1-3-13-10/h4,6-7,10H,1-3,5H2. The quantitative estimate of drug-likeness (QED) is 0.742. The van der Waals surface area contributed by atoms with E-state index >= 15 is 0 Å². The molecular formula is C10H12BrClOS. The van der Waals surface area contributed by atoms with Gasteiger partial charge in [0.2, 0.25) is 0 Å². The fourth-order valence-corrected chi connectivity index (χ4v) is 3.69. The van der Waals surface area contributed by atoms with Gasteiger partial charge in [-0.2, -0.15) is 0 Å². The summed E-state index contributed by atoms with van der Waals surface area (Å²) in [4.78, 5) is 1.29. The number of thiophene rings is 1. The van der Waals surface area contributed by atoms with Crippen molar-refractivity contribution in [2.75, 3.05) is 12.5 Å². The van der Waals surface area contributed by atoms with Gasteiger partial charge in [-0.25, -0.2) is 0 Å². The van der Waals surface area contributed by atoms with E-state index in [9.17, 15) is 0 Å². The molecule has 1 aromatic rings. The zero-order valence-corrected chi connectivity index (χ0v) is 10.9. The van der Waals surface area contributed by atoms with E-state index in [1.54, 1.807) is 11.3 Å². The second kappa shape index (κ2) is 4.97. The van der Waals surface area contributed by atoms with Gasteiger partial charge in [0.05, 0.1) is 6.10 Å². The fourth-order valence-electron chi connectivity index (χ4n) is 1.79. The highest BCUT2D eigenvalue weighted by molar-refractivity contribution is 9.10. The summed E-state index contributed by atoms with van der Waals surface area (Å²) in [5.74, 6) is 1.18. The molecule has 0 bridgehead atoms. The van der Waals surface area contributed by atoms with Crippen LogP contribution >= 0.6 is 38.9 Å². The first kappa shape index (κ1) is 10.9. The second-order valence-corrected chi connectivity index (χ2v) is 5.68. The molecule has 4 heteroatoms. The highest BCUT2D eigenvalue weighted by atomic mass is 79.9. The molecule has 0 radical (unpaired) electrons. The van der Waals surface area contributed by atoms with Gasteiger partial charge >= 0.3 is 0 Å². The summed E-state index contributed by atoms with van der Waals surface area (Å²) in [6.45, 7) is 0.869. The molecule has 1 fully saturated rings. The SMILES string of the molecule is ClCC1CCCOC1c1cc(Br)cs1. The van der Waals surface area contributed by atoms with Crippen LogP contribution in [0.2, 0.25) is 0 Å². The van der Waals surface area contributed by atoms with Crippen molar-refractivity contribution in [3.8, 4) is 0 Å². The third-order valence-electron chi connectivity index (χ3n) is 2.51. The van der Waals surface area contributed by atoms with Crippen LogP contribution in [-0.4, -0.2) is 12.5 Å². The number of rotatable bonds is 2. The maximum Gasteiger partial charge on any atom is 0.0956 e. The Morgan fingerprint density at radius 1 is 1.64 bits per heavy atom. The number of hydrogen-bond acceptors (Lipinski definition) is 2. The Labute approximate surface area is 102 Å². The molecule has 2 heterocycles. The molecule has 0 spiro atoms. The van der Waals surface area contributed by atoms with Crippen molar-refractivity contribution < 1.29 is 4.74 Å². The molecule has 1 aliphatic rings. The lowest BCUT2D eigenvalue weighted by molar-refractivity contribution is -0.0186. The Kier molecular flexibility index (Phi) is 3.88. The molecule has 0 saturated carbocycles. The Morgan fingerprint density at radius 3 is 3.14 bits per heavy atom. The summed E-state index contributed by atoms with van der Waals surface area (Å²) in [6.07, 6.45) is 2.54. The minimum Gasteiger partial charge on any atom is -0.372 e. The molecule has 0 aromatic carbocycles. The first-order valence-electron chi connectivity index (χ1n) is 4.72. The average Bonchev–Trinajstić information content (AvgIpc) is 2.65. The summed E-state index contributed by atoms with van der Waals surface area (Å²) in [5.41, 5.74) is 0. The number of hydrogen-bond donors (Lipinski definition) is 0. The van der Waals surface area contributed by atoms with Crippen molar-refractivity contribution in [2.24, 2.45) is 5.92 Å². The highest BCUT2D eigenvalue weighted by Gasteiger charge is 2.27. The molecule has 2 unspecified atom stereocenters. The van der Waals surface area contributed by atoms with E-state index in [0.717, 1.165) is 17.5 Å². The van der Waals surface area contributed by atoms with Gasteiger partial charge in [0, 0.05) is 33.1 Å². The van der Waals surface area contributed by atoms with Crippen LogP contribution in [0.15, 0.2) is 15.9 Å². The van der Waals surface area contributed by atoms with Crippen molar-refractivity contribution in [3.63, 3.8) is 0 Å². The summed E-state index contributed by atoms with van der Waals surface area (Å²) in [7, 11) is 0. The van der Waals surface area contributed by atoms with E-state index in [2.05, 4.69) is 27.4 Å². The van der Waals surface area contributed by atoms with Crippen molar-refractivity contribution in [3.05, 3.63) is 20.8 Å². The summed E-state index contributed by atoms with van der Waals surface area (Å²) < 4.78 is 6.92. The smallest absolute Gasteiger partial charge is 0.0956 e. The summed E-state index contributed by atoms with van der Waals surface area (Å²) in [6, 6.07) is 2.14. The number of alkyl halides is 1. The third-order valence-corrected chi connectivity index (χ3v) is 4.66. The van der Waals surface area contributed by atoms with Gasteiger partial charge in [-0.3, -0.25) is 0 Å². The molecule has 14 heavy (non-hydrogen) atoms. The van der Waals surface area contributed by atoms with Gasteiger partial charge in [0.25, 0.3) is 0 Å². The van der Waals surface area contributed by atoms with Gasteiger partial charge in [-0.1, -0.05) is 0 Å². The Morgan fingerprint density at radius 2 is 2.50 bits per heavy atom. The van der Waals surface area contributed by atoms with Crippen molar-refractivity contribution in [1.82, 2.24) is 0 Å². The minimum absolute atomic E-state index is 0.220.